The molecular weight excluding hydrogens is 205 g/mol. The van der Waals surface area contributed by atoms with Crippen LogP contribution in [-0.2, 0) is 9.53 Å². The summed E-state index contributed by atoms with van der Waals surface area (Å²) in [5, 5.41) is 0.734. The molecule has 0 aromatic rings. The van der Waals surface area contributed by atoms with Crippen molar-refractivity contribution in [1.29, 1.82) is 0 Å². The van der Waals surface area contributed by atoms with Gasteiger partial charge < -0.3 is 4.74 Å². The average molecular weight is 214 g/mol. The Hall–Kier alpha value is -0.650. The van der Waals surface area contributed by atoms with Gasteiger partial charge in [0.2, 0.25) is 0 Å². The minimum Gasteiger partial charge on any atom is -0.462 e. The monoisotopic (exact) mass is 214 g/mol. The van der Waals surface area contributed by atoms with Crippen molar-refractivity contribution < 1.29 is 22.7 Å². The van der Waals surface area contributed by atoms with Crippen LogP contribution in [0.25, 0.3) is 0 Å². The minimum absolute atomic E-state index is 0.0688. The Morgan fingerprint density at radius 1 is 1.54 bits per heavy atom. The maximum atomic E-state index is 12.1. The summed E-state index contributed by atoms with van der Waals surface area (Å²) >= 11 is 0.808. The van der Waals surface area contributed by atoms with Crippen LogP contribution in [0.2, 0.25) is 0 Å². The second kappa shape index (κ2) is 5.16. The molecule has 13 heavy (non-hydrogen) atoms. The lowest BCUT2D eigenvalue weighted by molar-refractivity contribution is -0.150. The molecule has 76 valence electrons. The molecule has 0 amide bonds. The lowest BCUT2D eigenvalue weighted by Crippen LogP contribution is -2.21. The molecule has 0 unspecified atom stereocenters. The fourth-order valence-electron chi connectivity index (χ4n) is 0.557. The van der Waals surface area contributed by atoms with Gasteiger partial charge in [-0.05, 0) is 18.6 Å². The third kappa shape index (κ3) is 4.21. The summed E-state index contributed by atoms with van der Waals surface area (Å²) in [6, 6.07) is 0. The van der Waals surface area contributed by atoms with E-state index in [9.17, 15) is 18.0 Å². The number of alkyl halides is 3. The second-order valence-electron chi connectivity index (χ2n) is 1.99. The number of rotatable bonds is 3. The topological polar surface area (TPSA) is 26.3 Å². The molecule has 6 heteroatoms. The average Bonchev–Trinajstić information content (AvgIpc) is 1.98. The number of hydrogen-bond donors (Lipinski definition) is 0. The summed E-state index contributed by atoms with van der Waals surface area (Å²) in [6.45, 7) is 1.38. The van der Waals surface area contributed by atoms with E-state index in [1.807, 2.05) is 0 Å². The maximum absolute atomic E-state index is 12.1. The zero-order valence-electron chi connectivity index (χ0n) is 7.14. The van der Waals surface area contributed by atoms with Gasteiger partial charge in [-0.15, -0.1) is 11.8 Å². The van der Waals surface area contributed by atoms with Gasteiger partial charge >= 0.3 is 12.1 Å². The molecule has 0 radical (unpaired) electrons. The molecule has 0 aromatic heterocycles. The third-order valence-electron chi connectivity index (χ3n) is 1.04. The first-order valence-electron chi connectivity index (χ1n) is 3.40. The van der Waals surface area contributed by atoms with E-state index >= 15 is 0 Å². The van der Waals surface area contributed by atoms with Crippen molar-refractivity contribution in [1.82, 2.24) is 0 Å². The van der Waals surface area contributed by atoms with E-state index in [2.05, 4.69) is 4.74 Å². The van der Waals surface area contributed by atoms with Crippen LogP contribution in [0.4, 0.5) is 13.2 Å². The van der Waals surface area contributed by atoms with Crippen molar-refractivity contribution in [2.45, 2.75) is 13.1 Å². The number of ether oxygens (including phenoxy) is 1. The summed E-state index contributed by atoms with van der Waals surface area (Å²) in [6.07, 6.45) is -3.21. The van der Waals surface area contributed by atoms with Crippen LogP contribution in [0.5, 0.6) is 0 Å². The minimum atomic E-state index is -4.64. The van der Waals surface area contributed by atoms with Gasteiger partial charge in [-0.1, -0.05) is 0 Å². The number of esters is 1. The predicted octanol–water partition coefficient (Wildman–Crippen LogP) is 2.36. The van der Waals surface area contributed by atoms with Gasteiger partial charge in [-0.3, -0.25) is 0 Å². The zero-order valence-corrected chi connectivity index (χ0v) is 7.96. The summed E-state index contributed by atoms with van der Waals surface area (Å²) in [4.78, 5) is 10.8. The molecule has 0 N–H and O–H groups in total. The largest absolute Gasteiger partial charge is 0.462 e. The van der Waals surface area contributed by atoms with Gasteiger partial charge in [0.1, 0.15) is 5.57 Å². The Kier molecular flexibility index (Phi) is 4.90. The molecule has 0 bridgehead atoms. The molecule has 0 saturated carbocycles. The number of carbonyl (C=O) groups excluding carboxylic acids is 1. The Balaban J connectivity index is 4.63. The van der Waals surface area contributed by atoms with E-state index in [1.54, 1.807) is 0 Å². The normalized spacial score (nSPS) is 12.8. The lowest BCUT2D eigenvalue weighted by Gasteiger charge is -2.09. The van der Waals surface area contributed by atoms with Crippen molar-refractivity contribution in [3.05, 3.63) is 11.0 Å². The highest BCUT2D eigenvalue weighted by Gasteiger charge is 2.39. The van der Waals surface area contributed by atoms with E-state index in [4.69, 9.17) is 0 Å². The first-order valence-corrected chi connectivity index (χ1v) is 4.69. The first-order chi connectivity index (χ1) is 5.93. The number of halogens is 3. The smallest absolute Gasteiger partial charge is 0.423 e. The Bertz CT molecular complexity index is 210. The van der Waals surface area contributed by atoms with Gasteiger partial charge in [-0.2, -0.15) is 13.2 Å². The zero-order chi connectivity index (χ0) is 10.5. The Morgan fingerprint density at radius 2 is 2.08 bits per heavy atom. The standard InChI is InChI=1S/C7H9F3O2S/c1-3-12-6(11)5(4-13-2)7(8,9)10/h4H,3H2,1-2H3/b5-4+. The highest BCUT2D eigenvalue weighted by Crippen LogP contribution is 2.28. The molecule has 0 fully saturated rings. The molecule has 0 heterocycles. The van der Waals surface area contributed by atoms with Crippen molar-refractivity contribution in [3.8, 4) is 0 Å². The summed E-state index contributed by atoms with van der Waals surface area (Å²) in [5.41, 5.74) is -1.26. The highest BCUT2D eigenvalue weighted by molar-refractivity contribution is 8.01. The second-order valence-corrected chi connectivity index (χ2v) is 2.69. The van der Waals surface area contributed by atoms with E-state index in [0.29, 0.717) is 0 Å². The highest BCUT2D eigenvalue weighted by atomic mass is 32.2. The SMILES string of the molecule is CCOC(=O)/C(=C\SC)C(F)(F)F. The molecule has 0 rings (SSSR count). The molecule has 0 aliphatic heterocycles. The maximum Gasteiger partial charge on any atom is 0.423 e. The Labute approximate surface area is 78.1 Å². The molecule has 0 aromatic carbocycles. The van der Waals surface area contributed by atoms with Crippen molar-refractivity contribution in [2.75, 3.05) is 12.9 Å². The van der Waals surface area contributed by atoms with Gasteiger partial charge in [-0.25, -0.2) is 4.79 Å². The molecule has 0 spiro atoms. The molecule has 2 nitrogen and oxygen atoms in total. The van der Waals surface area contributed by atoms with Crippen LogP contribution < -0.4 is 0 Å². The predicted molar refractivity (Wildman–Crippen MR) is 44.3 cm³/mol. The molecule has 0 aliphatic carbocycles. The van der Waals surface area contributed by atoms with Crippen molar-refractivity contribution >= 4 is 17.7 Å². The lowest BCUT2D eigenvalue weighted by atomic mass is 10.3. The van der Waals surface area contributed by atoms with E-state index < -0.39 is 17.7 Å². The van der Waals surface area contributed by atoms with E-state index in [-0.39, 0.29) is 6.61 Å². The number of carbonyl (C=O) groups is 1. The summed E-state index contributed by atoms with van der Waals surface area (Å²) < 4.78 is 40.5. The van der Waals surface area contributed by atoms with Gasteiger partial charge in [0, 0.05) is 0 Å². The van der Waals surface area contributed by atoms with E-state index in [1.165, 1.54) is 13.2 Å². The van der Waals surface area contributed by atoms with E-state index in [0.717, 1.165) is 17.2 Å². The first kappa shape index (κ1) is 12.3. The van der Waals surface area contributed by atoms with Crippen LogP contribution in [-0.4, -0.2) is 25.0 Å². The molecular formula is C7H9F3O2S. The van der Waals surface area contributed by atoms with Crippen LogP contribution in [0, 0.1) is 0 Å². The summed E-state index contributed by atoms with van der Waals surface area (Å²) in [5.74, 6) is -1.33. The summed E-state index contributed by atoms with van der Waals surface area (Å²) in [7, 11) is 0. The molecule has 0 saturated heterocycles. The molecule has 0 atom stereocenters. The quantitative estimate of drug-likeness (QED) is 0.533. The Morgan fingerprint density at radius 3 is 2.38 bits per heavy atom. The van der Waals surface area contributed by atoms with Crippen LogP contribution >= 0.6 is 11.8 Å². The number of thioether (sulfide) groups is 1. The van der Waals surface area contributed by atoms with Crippen LogP contribution in [0.1, 0.15) is 6.92 Å². The van der Waals surface area contributed by atoms with Gasteiger partial charge in [0.05, 0.1) is 6.61 Å². The van der Waals surface area contributed by atoms with Crippen molar-refractivity contribution in [2.24, 2.45) is 0 Å². The van der Waals surface area contributed by atoms with Crippen LogP contribution in [0.3, 0.4) is 0 Å². The van der Waals surface area contributed by atoms with Gasteiger partial charge in [0.15, 0.2) is 0 Å². The fraction of sp³-hybridized carbons (Fsp3) is 0.571. The van der Waals surface area contributed by atoms with Crippen molar-refractivity contribution in [3.63, 3.8) is 0 Å². The molecule has 0 aliphatic rings. The third-order valence-corrected chi connectivity index (χ3v) is 1.51. The van der Waals surface area contributed by atoms with Crippen LogP contribution in [0.15, 0.2) is 11.0 Å². The number of hydrogen-bond acceptors (Lipinski definition) is 3. The van der Waals surface area contributed by atoms with Gasteiger partial charge in [0.25, 0.3) is 0 Å². The fourth-order valence-corrected chi connectivity index (χ4v) is 1.02.